The van der Waals surface area contributed by atoms with Crippen molar-refractivity contribution in [1.29, 1.82) is 5.26 Å². The monoisotopic (exact) mass is 509 g/mol. The van der Waals surface area contributed by atoms with Gasteiger partial charge >= 0.3 is 6.09 Å². The van der Waals surface area contributed by atoms with E-state index in [1.807, 2.05) is 0 Å². The molecule has 13 heteroatoms. The average Bonchev–Trinajstić information content (AvgIpc) is 3.18. The molecule has 5 unspecified atom stereocenters. The summed E-state index contributed by atoms with van der Waals surface area (Å²) >= 11 is 9.07. The Morgan fingerprint density at radius 3 is 2.50 bits per heavy atom. The Bertz CT molecular complexity index is 969. The van der Waals surface area contributed by atoms with E-state index in [0.29, 0.717) is 12.0 Å². The second kappa shape index (κ2) is 11.9. The number of carbonyl (C=O) groups is 3. The van der Waals surface area contributed by atoms with Gasteiger partial charge in [-0.05, 0) is 31.0 Å². The highest BCUT2D eigenvalue weighted by molar-refractivity contribution is 7.81. The maximum absolute atomic E-state index is 12.9. The third-order valence-electron chi connectivity index (χ3n) is 5.64. The van der Waals surface area contributed by atoms with Crippen LogP contribution in [0.25, 0.3) is 0 Å². The van der Waals surface area contributed by atoms with Crippen molar-refractivity contribution in [1.82, 2.24) is 9.80 Å². The first kappa shape index (κ1) is 27.3. The number of hydrogen-bond donors (Lipinski definition) is 3. The van der Waals surface area contributed by atoms with E-state index in [2.05, 4.69) is 25.3 Å². The summed E-state index contributed by atoms with van der Waals surface area (Å²) in [7, 11) is 0. The van der Waals surface area contributed by atoms with Gasteiger partial charge in [0.05, 0.1) is 11.0 Å². The molecule has 0 spiro atoms. The van der Waals surface area contributed by atoms with Gasteiger partial charge in [-0.3, -0.25) is 19.7 Å². The van der Waals surface area contributed by atoms with Crippen LogP contribution in [0.1, 0.15) is 32.3 Å². The molecule has 0 saturated carbocycles. The van der Waals surface area contributed by atoms with E-state index >= 15 is 0 Å². The number of carbonyl (C=O) groups excluding carboxylic acids is 3. The van der Waals surface area contributed by atoms with Crippen LogP contribution in [0, 0.1) is 27.5 Å². The molecule has 0 aromatic heterocycles. The molecule has 34 heavy (non-hydrogen) atoms. The SMILES string of the molecule is CC(C(=O)N(C#N)C(C)CC(N)=O)C(S)C1CC(S)CN1C(=O)OCc1ccc([N+](=O)[O-])cc1. The Labute approximate surface area is 208 Å². The van der Waals surface area contributed by atoms with Gasteiger partial charge in [0.1, 0.15) is 6.61 Å². The van der Waals surface area contributed by atoms with Gasteiger partial charge in [0.15, 0.2) is 6.19 Å². The first-order chi connectivity index (χ1) is 16.0. The lowest BCUT2D eigenvalue weighted by Gasteiger charge is -2.33. The number of primary amides is 1. The van der Waals surface area contributed by atoms with Gasteiger partial charge in [-0.2, -0.15) is 30.5 Å². The van der Waals surface area contributed by atoms with Crippen molar-refractivity contribution in [3.8, 4) is 6.19 Å². The summed E-state index contributed by atoms with van der Waals surface area (Å²) in [5.41, 5.74) is 5.69. The Morgan fingerprint density at radius 2 is 1.97 bits per heavy atom. The maximum atomic E-state index is 12.9. The smallest absolute Gasteiger partial charge is 0.410 e. The second-order valence-corrected chi connectivity index (χ2v) is 9.52. The summed E-state index contributed by atoms with van der Waals surface area (Å²) < 4.78 is 5.38. The molecule has 1 fully saturated rings. The molecule has 11 nitrogen and oxygen atoms in total. The predicted octanol–water partition coefficient (Wildman–Crippen LogP) is 2.11. The normalized spacial score (nSPS) is 20.0. The fourth-order valence-corrected chi connectivity index (χ4v) is 4.57. The number of nitro groups is 1. The van der Waals surface area contributed by atoms with Crippen LogP contribution in [0.5, 0.6) is 0 Å². The summed E-state index contributed by atoms with van der Waals surface area (Å²) in [5, 5.41) is 19.4. The molecule has 2 rings (SSSR count). The summed E-state index contributed by atoms with van der Waals surface area (Å²) in [6, 6.07) is 4.45. The zero-order valence-corrected chi connectivity index (χ0v) is 20.5. The molecule has 5 atom stereocenters. The minimum Gasteiger partial charge on any atom is -0.445 e. The number of ether oxygens (including phenoxy) is 1. The van der Waals surface area contributed by atoms with Gasteiger partial charge in [0.2, 0.25) is 11.8 Å². The van der Waals surface area contributed by atoms with E-state index in [0.717, 1.165) is 4.90 Å². The molecule has 1 aromatic carbocycles. The number of nitriles is 1. The molecule has 1 aliphatic rings. The van der Waals surface area contributed by atoms with Gasteiger partial charge in [-0.15, -0.1) is 0 Å². The van der Waals surface area contributed by atoms with Gasteiger partial charge < -0.3 is 15.4 Å². The number of rotatable bonds is 9. The van der Waals surface area contributed by atoms with E-state index in [1.165, 1.54) is 29.2 Å². The Morgan fingerprint density at radius 1 is 1.35 bits per heavy atom. The van der Waals surface area contributed by atoms with E-state index in [1.54, 1.807) is 20.0 Å². The number of benzene rings is 1. The van der Waals surface area contributed by atoms with Crippen LogP contribution in [-0.4, -0.2) is 61.8 Å². The number of thiol groups is 2. The summed E-state index contributed by atoms with van der Waals surface area (Å²) in [6.45, 7) is 3.35. The predicted molar refractivity (Wildman–Crippen MR) is 129 cm³/mol. The maximum Gasteiger partial charge on any atom is 0.410 e. The number of likely N-dealkylation sites (tertiary alicyclic amines) is 1. The van der Waals surface area contributed by atoms with Crippen molar-refractivity contribution in [3.05, 3.63) is 39.9 Å². The number of nitrogens with zero attached hydrogens (tertiary/aromatic N) is 4. The van der Waals surface area contributed by atoms with Crippen LogP contribution in [0.2, 0.25) is 0 Å². The van der Waals surface area contributed by atoms with Crippen molar-refractivity contribution >= 4 is 48.9 Å². The molecule has 0 radical (unpaired) electrons. The number of nitro benzene ring substituents is 1. The van der Waals surface area contributed by atoms with E-state index in [-0.39, 0.29) is 30.5 Å². The van der Waals surface area contributed by atoms with Crippen LogP contribution in [0.3, 0.4) is 0 Å². The lowest BCUT2D eigenvalue weighted by molar-refractivity contribution is -0.384. The summed E-state index contributed by atoms with van der Waals surface area (Å²) in [4.78, 5) is 49.5. The zero-order valence-electron chi connectivity index (χ0n) is 18.7. The third kappa shape index (κ3) is 6.77. The summed E-state index contributed by atoms with van der Waals surface area (Å²) in [6.07, 6.45) is 1.48. The number of amides is 3. The number of nitrogens with two attached hydrogens (primary N) is 1. The molecule has 1 saturated heterocycles. The van der Waals surface area contributed by atoms with Gasteiger partial charge in [-0.25, -0.2) is 9.69 Å². The first-order valence-corrected chi connectivity index (χ1v) is 11.5. The molecule has 184 valence electrons. The van der Waals surface area contributed by atoms with E-state index in [9.17, 15) is 29.8 Å². The molecule has 1 aromatic rings. The molecule has 2 N–H and O–H groups in total. The molecule has 0 bridgehead atoms. The van der Waals surface area contributed by atoms with Crippen LogP contribution >= 0.6 is 25.3 Å². The standard InChI is InChI=1S/C21H27N5O6S2/c1-12(7-18(23)27)25(11-22)20(28)13(2)19(34)17-8-16(33)9-24(17)21(29)32-10-14-3-5-15(6-4-14)26(30)31/h3-6,12-13,16-17,19,33-34H,7-10H2,1-2H3,(H2,23,27). The second-order valence-electron chi connectivity index (χ2n) is 8.19. The van der Waals surface area contributed by atoms with Crippen LogP contribution in [0.4, 0.5) is 10.5 Å². The van der Waals surface area contributed by atoms with Crippen molar-refractivity contribution in [2.75, 3.05) is 6.54 Å². The zero-order chi connectivity index (χ0) is 25.6. The molecule has 3 amide bonds. The molecular formula is C21H27N5O6S2. The van der Waals surface area contributed by atoms with E-state index < -0.39 is 46.1 Å². The van der Waals surface area contributed by atoms with Gasteiger partial charge in [-0.1, -0.05) is 6.92 Å². The quantitative estimate of drug-likeness (QED) is 0.151. The van der Waals surface area contributed by atoms with Gasteiger partial charge in [0, 0.05) is 47.6 Å². The van der Waals surface area contributed by atoms with Crippen LogP contribution in [-0.2, 0) is 20.9 Å². The third-order valence-corrected chi connectivity index (χ3v) is 6.81. The largest absolute Gasteiger partial charge is 0.445 e. The van der Waals surface area contributed by atoms with Crippen molar-refractivity contribution in [2.24, 2.45) is 11.7 Å². The van der Waals surface area contributed by atoms with E-state index in [4.69, 9.17) is 10.5 Å². The van der Waals surface area contributed by atoms with Crippen molar-refractivity contribution < 1.29 is 24.0 Å². The fourth-order valence-electron chi connectivity index (χ4n) is 3.76. The Hall–Kier alpha value is -2.98. The lowest BCUT2D eigenvalue weighted by atomic mass is 9.97. The highest BCUT2D eigenvalue weighted by atomic mass is 32.1. The number of hydrogen-bond acceptors (Lipinski definition) is 9. The highest BCUT2D eigenvalue weighted by Crippen LogP contribution is 2.32. The first-order valence-electron chi connectivity index (χ1n) is 10.5. The Balaban J connectivity index is 2.06. The minimum absolute atomic E-state index is 0.0688. The Kier molecular flexibility index (Phi) is 9.57. The fraction of sp³-hybridized carbons (Fsp3) is 0.524. The average molecular weight is 510 g/mol. The summed E-state index contributed by atoms with van der Waals surface area (Å²) in [5.74, 6) is -1.92. The molecule has 1 aliphatic heterocycles. The molecular weight excluding hydrogens is 482 g/mol. The molecule has 1 heterocycles. The van der Waals surface area contributed by atoms with Crippen LogP contribution in [0.15, 0.2) is 24.3 Å². The molecule has 0 aliphatic carbocycles. The van der Waals surface area contributed by atoms with Crippen molar-refractivity contribution in [2.45, 2.75) is 55.9 Å². The highest BCUT2D eigenvalue weighted by Gasteiger charge is 2.42. The number of non-ortho nitro benzene ring substituents is 1. The topological polar surface area (TPSA) is 160 Å². The van der Waals surface area contributed by atoms with Gasteiger partial charge in [0.25, 0.3) is 5.69 Å². The van der Waals surface area contributed by atoms with Crippen LogP contribution < -0.4 is 5.73 Å². The lowest BCUT2D eigenvalue weighted by Crippen LogP contribution is -2.48. The minimum atomic E-state index is -0.757. The van der Waals surface area contributed by atoms with Crippen molar-refractivity contribution in [3.63, 3.8) is 0 Å².